The number of hydrogen-bond donors (Lipinski definition) is 0. The zero-order chi connectivity index (χ0) is 24.2. The topological polar surface area (TPSA) is 69.6 Å². The number of aliphatic imine (C=N–C) groups is 1. The fourth-order valence-corrected chi connectivity index (χ4v) is 4.30. The number of ether oxygens (including phenoxy) is 4. The van der Waals surface area contributed by atoms with E-state index in [1.807, 2.05) is 59.5 Å². The van der Waals surface area contributed by atoms with Crippen LogP contribution < -0.4 is 14.2 Å². The fourth-order valence-electron chi connectivity index (χ4n) is 4.12. The lowest BCUT2D eigenvalue weighted by Crippen LogP contribution is -2.42. The van der Waals surface area contributed by atoms with Crippen LogP contribution in [0.3, 0.4) is 0 Å². The normalized spacial score (nSPS) is 14.7. The smallest absolute Gasteiger partial charge is 0.325 e. The van der Waals surface area contributed by atoms with E-state index in [0.717, 1.165) is 16.8 Å². The molecular weight excluding hydrogens is 456 g/mol. The van der Waals surface area contributed by atoms with Crippen LogP contribution in [0.25, 0.3) is 0 Å². The minimum Gasteiger partial charge on any atom is -0.493 e. The van der Waals surface area contributed by atoms with Gasteiger partial charge in [-0.2, -0.15) is 0 Å². The van der Waals surface area contributed by atoms with Crippen LogP contribution in [-0.4, -0.2) is 51.7 Å². The van der Waals surface area contributed by atoms with E-state index in [2.05, 4.69) is 0 Å². The van der Waals surface area contributed by atoms with E-state index in [-0.39, 0.29) is 12.6 Å². The van der Waals surface area contributed by atoms with Gasteiger partial charge in [-0.05, 0) is 35.9 Å². The third-order valence-corrected chi connectivity index (χ3v) is 5.89. The highest BCUT2D eigenvalue weighted by Gasteiger charge is 2.34. The molecule has 0 amide bonds. The fraction of sp³-hybridized carbons (Fsp3) is 0.231. The van der Waals surface area contributed by atoms with Crippen LogP contribution in [0.5, 0.6) is 17.2 Å². The molecule has 7 nitrogen and oxygen atoms in total. The Morgan fingerprint density at radius 2 is 1.62 bits per heavy atom. The highest BCUT2D eigenvalue weighted by atomic mass is 35.5. The molecule has 0 aromatic heterocycles. The molecule has 0 radical (unpaired) electrons. The molecule has 1 heterocycles. The first-order valence-electron chi connectivity index (χ1n) is 10.6. The third kappa shape index (κ3) is 4.39. The van der Waals surface area contributed by atoms with E-state index in [0.29, 0.717) is 33.7 Å². The van der Waals surface area contributed by atoms with Crippen molar-refractivity contribution in [2.75, 3.05) is 35.0 Å². The first-order chi connectivity index (χ1) is 16.5. The molecular formula is C26H25ClN2O5. The highest BCUT2D eigenvalue weighted by molar-refractivity contribution is 6.30. The summed E-state index contributed by atoms with van der Waals surface area (Å²) in [4.78, 5) is 19.4. The molecule has 3 aromatic rings. The minimum atomic E-state index is -0.397. The largest absolute Gasteiger partial charge is 0.493 e. The van der Waals surface area contributed by atoms with Gasteiger partial charge < -0.3 is 23.8 Å². The summed E-state index contributed by atoms with van der Waals surface area (Å²) >= 11 is 6.37. The summed E-state index contributed by atoms with van der Waals surface area (Å²) < 4.78 is 21.6. The number of amidine groups is 1. The second kappa shape index (κ2) is 10.1. The van der Waals surface area contributed by atoms with Crippen molar-refractivity contribution in [3.05, 3.63) is 82.4 Å². The summed E-state index contributed by atoms with van der Waals surface area (Å²) in [5.41, 5.74) is 3.32. The number of methoxy groups -OCH3 is 4. The van der Waals surface area contributed by atoms with Crippen molar-refractivity contribution in [2.45, 2.75) is 6.04 Å². The van der Waals surface area contributed by atoms with Crippen molar-refractivity contribution in [2.24, 2.45) is 4.99 Å². The van der Waals surface area contributed by atoms with Crippen molar-refractivity contribution in [3.63, 3.8) is 0 Å². The van der Waals surface area contributed by atoms with Gasteiger partial charge in [0, 0.05) is 16.1 Å². The zero-order valence-corrected chi connectivity index (χ0v) is 20.1. The van der Waals surface area contributed by atoms with Gasteiger partial charge in [0.25, 0.3) is 0 Å². The maximum atomic E-state index is 12.5. The molecule has 0 saturated carbocycles. The van der Waals surface area contributed by atoms with Crippen molar-refractivity contribution >= 4 is 29.1 Å². The number of benzene rings is 3. The van der Waals surface area contributed by atoms with Gasteiger partial charge >= 0.3 is 5.97 Å². The van der Waals surface area contributed by atoms with Gasteiger partial charge in [-0.15, -0.1) is 0 Å². The molecule has 0 unspecified atom stereocenters. The molecule has 4 rings (SSSR count). The monoisotopic (exact) mass is 480 g/mol. The first-order valence-corrected chi connectivity index (χ1v) is 11.0. The number of carbonyl (C=O) groups excluding carboxylic acids is 1. The third-order valence-electron chi connectivity index (χ3n) is 5.66. The molecule has 0 fully saturated rings. The molecule has 0 bridgehead atoms. The van der Waals surface area contributed by atoms with Gasteiger partial charge in [-0.3, -0.25) is 4.79 Å². The second-order valence-electron chi connectivity index (χ2n) is 7.57. The maximum Gasteiger partial charge on any atom is 0.325 e. The molecule has 0 spiro atoms. The van der Waals surface area contributed by atoms with E-state index in [4.69, 9.17) is 35.5 Å². The molecule has 1 aliphatic heterocycles. The van der Waals surface area contributed by atoms with Crippen LogP contribution in [0, 0.1) is 0 Å². The molecule has 1 atom stereocenters. The Bertz CT molecular complexity index is 1200. The standard InChI is InChI=1S/C26H25ClN2O5/c1-31-21-12-17(13-22(32-2)25(21)34-4)26-28-20-11-10-18(27)14-19(20)24(16-8-6-5-7-9-16)29(26)15-23(30)33-3/h5-14,24H,15H2,1-4H3/t24-/m1/s1. The van der Waals surface area contributed by atoms with Crippen LogP contribution in [0.1, 0.15) is 22.7 Å². The van der Waals surface area contributed by atoms with E-state index < -0.39 is 5.97 Å². The Balaban J connectivity index is 1.98. The first kappa shape index (κ1) is 23.4. The summed E-state index contributed by atoms with van der Waals surface area (Å²) in [6, 6.07) is 18.7. The minimum absolute atomic E-state index is 0.0303. The van der Waals surface area contributed by atoms with Crippen LogP contribution >= 0.6 is 11.6 Å². The Kier molecular flexibility index (Phi) is 6.93. The number of rotatable bonds is 7. The van der Waals surface area contributed by atoms with E-state index in [9.17, 15) is 4.79 Å². The van der Waals surface area contributed by atoms with Crippen molar-refractivity contribution in [3.8, 4) is 17.2 Å². The SMILES string of the molecule is COC(=O)CN1C(c2cc(OC)c(OC)c(OC)c2)=Nc2ccc(Cl)cc2[C@H]1c1ccccc1. The van der Waals surface area contributed by atoms with Crippen LogP contribution in [0.15, 0.2) is 65.7 Å². The average Bonchev–Trinajstić information content (AvgIpc) is 2.87. The van der Waals surface area contributed by atoms with Crippen LogP contribution in [-0.2, 0) is 9.53 Å². The number of nitrogens with zero attached hydrogens (tertiary/aromatic N) is 2. The molecule has 176 valence electrons. The summed E-state index contributed by atoms with van der Waals surface area (Å²) in [6.07, 6.45) is 0. The Morgan fingerprint density at radius 3 is 2.21 bits per heavy atom. The Hall–Kier alpha value is -3.71. The Labute approximate surface area is 203 Å². The lowest BCUT2D eigenvalue weighted by molar-refractivity contribution is -0.141. The molecule has 1 aliphatic rings. The van der Waals surface area contributed by atoms with Crippen LogP contribution in [0.4, 0.5) is 5.69 Å². The van der Waals surface area contributed by atoms with Gasteiger partial charge in [0.2, 0.25) is 5.75 Å². The van der Waals surface area contributed by atoms with Gasteiger partial charge in [0.15, 0.2) is 11.5 Å². The number of hydrogen-bond acceptors (Lipinski definition) is 7. The summed E-state index contributed by atoms with van der Waals surface area (Å²) in [6.45, 7) is -0.0303. The van der Waals surface area contributed by atoms with Gasteiger partial charge in [0.05, 0.1) is 40.2 Å². The predicted molar refractivity (Wildman–Crippen MR) is 131 cm³/mol. The molecule has 34 heavy (non-hydrogen) atoms. The molecule has 0 saturated heterocycles. The van der Waals surface area contributed by atoms with E-state index in [1.54, 1.807) is 27.4 Å². The van der Waals surface area contributed by atoms with E-state index in [1.165, 1.54) is 7.11 Å². The molecule has 0 aliphatic carbocycles. The Morgan fingerprint density at radius 1 is 0.941 bits per heavy atom. The second-order valence-corrected chi connectivity index (χ2v) is 8.01. The molecule has 0 N–H and O–H groups in total. The number of halogens is 1. The number of fused-ring (bicyclic) bond motifs is 1. The predicted octanol–water partition coefficient (Wildman–Crippen LogP) is 5.02. The van der Waals surface area contributed by atoms with E-state index >= 15 is 0 Å². The zero-order valence-electron chi connectivity index (χ0n) is 19.4. The van der Waals surface area contributed by atoms with Gasteiger partial charge in [-0.1, -0.05) is 41.9 Å². The lowest BCUT2D eigenvalue weighted by Gasteiger charge is -2.38. The van der Waals surface area contributed by atoms with Crippen molar-refractivity contribution in [1.29, 1.82) is 0 Å². The molecule has 3 aromatic carbocycles. The highest BCUT2D eigenvalue weighted by Crippen LogP contribution is 2.44. The number of carbonyl (C=O) groups is 1. The summed E-state index contributed by atoms with van der Waals surface area (Å²) in [5.74, 6) is 1.60. The summed E-state index contributed by atoms with van der Waals surface area (Å²) in [5, 5.41) is 0.587. The quantitative estimate of drug-likeness (QED) is 0.442. The summed E-state index contributed by atoms with van der Waals surface area (Å²) in [7, 11) is 6.03. The number of esters is 1. The van der Waals surface area contributed by atoms with Crippen molar-refractivity contribution < 1.29 is 23.7 Å². The lowest BCUT2D eigenvalue weighted by atomic mass is 9.92. The van der Waals surface area contributed by atoms with Crippen LogP contribution in [0.2, 0.25) is 5.02 Å². The maximum absolute atomic E-state index is 12.5. The molecule has 8 heteroatoms. The van der Waals surface area contributed by atoms with Gasteiger partial charge in [-0.25, -0.2) is 4.99 Å². The van der Waals surface area contributed by atoms with Gasteiger partial charge in [0.1, 0.15) is 12.4 Å². The van der Waals surface area contributed by atoms with Crippen molar-refractivity contribution in [1.82, 2.24) is 4.90 Å². The average molecular weight is 481 g/mol.